The van der Waals surface area contributed by atoms with E-state index in [1.807, 2.05) is 31.2 Å². The summed E-state index contributed by atoms with van der Waals surface area (Å²) in [6.07, 6.45) is 0.605. The summed E-state index contributed by atoms with van der Waals surface area (Å²) >= 11 is 0. The number of amides is 1. The van der Waals surface area contributed by atoms with Crippen LogP contribution in [0, 0.1) is 6.92 Å². The molecule has 0 saturated heterocycles. The number of nitrogens with one attached hydrogen (secondary N) is 2. The zero-order valence-electron chi connectivity index (χ0n) is 14.3. The Morgan fingerprint density at radius 2 is 2.08 bits per heavy atom. The minimum absolute atomic E-state index is 0.232. The van der Waals surface area contributed by atoms with Gasteiger partial charge in [0.15, 0.2) is 5.82 Å². The standard InChI is InChI=1S/C17H19N5O3/c1-4-13-15(10(2)22-25-13)17(23)18-9-14-19-16(21-20-14)11-5-7-12(24-3)8-6-11/h5-8H,4,9H2,1-3H3,(H,18,23)(H,19,20,21). The summed E-state index contributed by atoms with van der Waals surface area (Å²) in [5, 5.41) is 13.7. The van der Waals surface area contributed by atoms with Crippen LogP contribution in [0.4, 0.5) is 0 Å². The topological polar surface area (TPSA) is 106 Å². The Kier molecular flexibility index (Phi) is 4.78. The molecule has 0 bridgehead atoms. The molecule has 3 rings (SSSR count). The van der Waals surface area contributed by atoms with Crippen molar-refractivity contribution in [2.24, 2.45) is 0 Å². The third-order valence-corrected chi connectivity index (χ3v) is 3.78. The predicted octanol–water partition coefficient (Wildman–Crippen LogP) is 2.27. The number of H-pyrrole nitrogens is 1. The number of carbonyl (C=O) groups is 1. The predicted molar refractivity (Wildman–Crippen MR) is 90.2 cm³/mol. The Morgan fingerprint density at radius 3 is 2.76 bits per heavy atom. The molecule has 1 amide bonds. The summed E-state index contributed by atoms with van der Waals surface area (Å²) < 4.78 is 10.3. The van der Waals surface area contributed by atoms with Crippen molar-refractivity contribution in [1.29, 1.82) is 0 Å². The van der Waals surface area contributed by atoms with Crippen LogP contribution in [0.3, 0.4) is 0 Å². The number of rotatable bonds is 6. The molecule has 1 aromatic carbocycles. The third kappa shape index (κ3) is 3.52. The van der Waals surface area contributed by atoms with Crippen LogP contribution < -0.4 is 10.1 Å². The van der Waals surface area contributed by atoms with Gasteiger partial charge in [0.2, 0.25) is 0 Å². The summed E-state index contributed by atoms with van der Waals surface area (Å²) in [7, 11) is 1.61. The van der Waals surface area contributed by atoms with Gasteiger partial charge in [-0.3, -0.25) is 9.89 Å². The van der Waals surface area contributed by atoms with E-state index in [4.69, 9.17) is 9.26 Å². The van der Waals surface area contributed by atoms with Gasteiger partial charge in [0.25, 0.3) is 5.91 Å². The third-order valence-electron chi connectivity index (χ3n) is 3.78. The largest absolute Gasteiger partial charge is 0.497 e. The number of ether oxygens (including phenoxy) is 1. The summed E-state index contributed by atoms with van der Waals surface area (Å²) in [5.74, 6) is 2.22. The molecule has 0 spiro atoms. The molecule has 130 valence electrons. The molecule has 3 aromatic rings. The molecular formula is C17H19N5O3. The molecule has 0 unspecified atom stereocenters. The lowest BCUT2D eigenvalue weighted by Crippen LogP contribution is -2.24. The highest BCUT2D eigenvalue weighted by Gasteiger charge is 2.19. The first-order chi connectivity index (χ1) is 12.1. The monoisotopic (exact) mass is 341 g/mol. The first kappa shape index (κ1) is 16.7. The smallest absolute Gasteiger partial charge is 0.257 e. The van der Waals surface area contributed by atoms with E-state index in [0.717, 1.165) is 11.3 Å². The zero-order valence-corrected chi connectivity index (χ0v) is 14.3. The Balaban J connectivity index is 1.67. The maximum Gasteiger partial charge on any atom is 0.257 e. The molecule has 2 aromatic heterocycles. The van der Waals surface area contributed by atoms with Gasteiger partial charge in [-0.1, -0.05) is 12.1 Å². The van der Waals surface area contributed by atoms with Gasteiger partial charge in [-0.2, -0.15) is 5.10 Å². The number of carbonyl (C=O) groups excluding carboxylic acids is 1. The van der Waals surface area contributed by atoms with E-state index >= 15 is 0 Å². The Morgan fingerprint density at radius 1 is 1.32 bits per heavy atom. The number of methoxy groups -OCH3 is 1. The molecule has 0 radical (unpaired) electrons. The minimum atomic E-state index is -0.238. The highest BCUT2D eigenvalue weighted by Crippen LogP contribution is 2.19. The van der Waals surface area contributed by atoms with Gasteiger partial charge in [0, 0.05) is 12.0 Å². The van der Waals surface area contributed by atoms with E-state index < -0.39 is 0 Å². The number of aromatic amines is 1. The van der Waals surface area contributed by atoms with Gasteiger partial charge >= 0.3 is 0 Å². The summed E-state index contributed by atoms with van der Waals surface area (Å²) in [6.45, 7) is 3.89. The lowest BCUT2D eigenvalue weighted by molar-refractivity contribution is 0.0947. The van der Waals surface area contributed by atoms with Crippen LogP contribution in [-0.4, -0.2) is 33.4 Å². The highest BCUT2D eigenvalue weighted by molar-refractivity contribution is 5.96. The van der Waals surface area contributed by atoms with E-state index in [1.165, 1.54) is 0 Å². The van der Waals surface area contributed by atoms with Crippen molar-refractivity contribution in [3.8, 4) is 17.1 Å². The number of hydrogen-bond donors (Lipinski definition) is 2. The Bertz CT molecular complexity index is 867. The van der Waals surface area contributed by atoms with Gasteiger partial charge in [0.05, 0.1) is 19.3 Å². The summed E-state index contributed by atoms with van der Waals surface area (Å²) in [6, 6.07) is 7.43. The van der Waals surface area contributed by atoms with Crippen molar-refractivity contribution in [2.75, 3.05) is 7.11 Å². The van der Waals surface area contributed by atoms with Crippen LogP contribution >= 0.6 is 0 Å². The second-order valence-corrected chi connectivity index (χ2v) is 5.44. The molecule has 2 N–H and O–H groups in total. The number of aromatic nitrogens is 4. The van der Waals surface area contributed by atoms with Gasteiger partial charge < -0.3 is 14.6 Å². The van der Waals surface area contributed by atoms with E-state index in [-0.39, 0.29) is 12.5 Å². The fourth-order valence-corrected chi connectivity index (χ4v) is 2.44. The van der Waals surface area contributed by atoms with E-state index in [2.05, 4.69) is 25.7 Å². The first-order valence-corrected chi connectivity index (χ1v) is 7.91. The van der Waals surface area contributed by atoms with Gasteiger partial charge in [-0.25, -0.2) is 4.98 Å². The average molecular weight is 341 g/mol. The molecule has 0 aliphatic heterocycles. The number of hydrogen-bond acceptors (Lipinski definition) is 6. The van der Waals surface area contributed by atoms with Gasteiger partial charge in [-0.15, -0.1) is 0 Å². The lowest BCUT2D eigenvalue weighted by Gasteiger charge is -2.02. The van der Waals surface area contributed by atoms with Crippen LogP contribution in [0.5, 0.6) is 5.75 Å². The molecular weight excluding hydrogens is 322 g/mol. The van der Waals surface area contributed by atoms with Crippen LogP contribution in [-0.2, 0) is 13.0 Å². The Labute approximate surface area is 144 Å². The number of nitrogens with zero attached hydrogens (tertiary/aromatic N) is 3. The van der Waals surface area contributed by atoms with Gasteiger partial charge in [-0.05, 0) is 31.2 Å². The summed E-state index contributed by atoms with van der Waals surface area (Å²) in [5.41, 5.74) is 1.92. The Hall–Kier alpha value is -3.16. The lowest BCUT2D eigenvalue weighted by atomic mass is 10.1. The second-order valence-electron chi connectivity index (χ2n) is 5.44. The van der Waals surface area contributed by atoms with Crippen LogP contribution in [0.15, 0.2) is 28.8 Å². The van der Waals surface area contributed by atoms with Crippen molar-refractivity contribution < 1.29 is 14.1 Å². The molecule has 0 atom stereocenters. The molecule has 0 fully saturated rings. The number of benzene rings is 1. The first-order valence-electron chi connectivity index (χ1n) is 7.91. The van der Waals surface area contributed by atoms with E-state index in [1.54, 1.807) is 14.0 Å². The van der Waals surface area contributed by atoms with Crippen molar-refractivity contribution >= 4 is 5.91 Å². The molecule has 8 nitrogen and oxygen atoms in total. The fraction of sp³-hybridized carbons (Fsp3) is 0.294. The minimum Gasteiger partial charge on any atom is -0.497 e. The van der Waals surface area contributed by atoms with Crippen molar-refractivity contribution in [2.45, 2.75) is 26.8 Å². The van der Waals surface area contributed by atoms with E-state index in [9.17, 15) is 4.79 Å². The molecule has 0 aliphatic carbocycles. The molecule has 0 saturated carbocycles. The zero-order chi connectivity index (χ0) is 17.8. The molecule has 8 heteroatoms. The van der Waals surface area contributed by atoms with E-state index in [0.29, 0.717) is 35.1 Å². The van der Waals surface area contributed by atoms with Gasteiger partial charge in [0.1, 0.15) is 22.9 Å². The van der Waals surface area contributed by atoms with Crippen molar-refractivity contribution in [3.05, 3.63) is 47.1 Å². The second kappa shape index (κ2) is 7.16. The SMILES string of the molecule is CCc1onc(C)c1C(=O)NCc1nc(-c2ccc(OC)cc2)n[nH]1. The van der Waals surface area contributed by atoms with Crippen LogP contribution in [0.1, 0.15) is 34.6 Å². The normalized spacial score (nSPS) is 10.7. The van der Waals surface area contributed by atoms with Crippen LogP contribution in [0.2, 0.25) is 0 Å². The molecule has 0 aliphatic rings. The molecule has 2 heterocycles. The maximum atomic E-state index is 12.3. The quantitative estimate of drug-likeness (QED) is 0.712. The highest BCUT2D eigenvalue weighted by atomic mass is 16.5. The fourth-order valence-electron chi connectivity index (χ4n) is 2.44. The maximum absolute atomic E-state index is 12.3. The molecule has 25 heavy (non-hydrogen) atoms. The van der Waals surface area contributed by atoms with Crippen molar-refractivity contribution in [3.63, 3.8) is 0 Å². The summed E-state index contributed by atoms with van der Waals surface area (Å²) in [4.78, 5) is 16.7. The number of aryl methyl sites for hydroxylation is 2. The van der Waals surface area contributed by atoms with Crippen molar-refractivity contribution in [1.82, 2.24) is 25.7 Å². The average Bonchev–Trinajstić information content (AvgIpc) is 3.26. The van der Waals surface area contributed by atoms with Crippen LogP contribution in [0.25, 0.3) is 11.4 Å².